The highest BCUT2D eigenvalue weighted by atomic mass is 35.5. The van der Waals surface area contributed by atoms with Crippen LogP contribution in [0, 0.1) is 13.8 Å². The van der Waals surface area contributed by atoms with Gasteiger partial charge in [0, 0.05) is 5.88 Å². The van der Waals surface area contributed by atoms with Crippen LogP contribution < -0.4 is 0 Å². The topological polar surface area (TPSA) is 25.8 Å². The van der Waals surface area contributed by atoms with E-state index in [2.05, 4.69) is 9.97 Å². The van der Waals surface area contributed by atoms with Gasteiger partial charge in [-0.15, -0.1) is 11.6 Å². The third-order valence-electron chi connectivity index (χ3n) is 2.33. The molecule has 0 fully saturated rings. The number of hydrogen-bond acceptors (Lipinski definition) is 2. The molecule has 0 unspecified atom stereocenters. The zero-order valence-electron chi connectivity index (χ0n) is 8.21. The van der Waals surface area contributed by atoms with Gasteiger partial charge in [-0.2, -0.15) is 0 Å². The minimum atomic E-state index is 0.481. The Hall–Kier alpha value is -1.15. The third-order valence-corrected chi connectivity index (χ3v) is 2.62. The molecule has 0 saturated heterocycles. The predicted molar refractivity (Wildman–Crippen MR) is 58.6 cm³/mol. The molecule has 1 aromatic carbocycles. The van der Waals surface area contributed by atoms with E-state index in [-0.39, 0.29) is 0 Å². The summed E-state index contributed by atoms with van der Waals surface area (Å²) in [6.45, 7) is 3.93. The number of halogens is 1. The molecule has 2 nitrogen and oxygen atoms in total. The summed E-state index contributed by atoms with van der Waals surface area (Å²) in [6.07, 6.45) is 0. The van der Waals surface area contributed by atoms with Crippen molar-refractivity contribution >= 4 is 22.6 Å². The summed E-state index contributed by atoms with van der Waals surface area (Å²) in [6, 6.07) is 5.91. The molecule has 0 radical (unpaired) electrons. The van der Waals surface area contributed by atoms with Crippen molar-refractivity contribution in [1.29, 1.82) is 0 Å². The van der Waals surface area contributed by atoms with Gasteiger partial charge < -0.3 is 0 Å². The molecular weight excluding hydrogens is 196 g/mol. The average molecular weight is 207 g/mol. The van der Waals surface area contributed by atoms with Crippen LogP contribution in [0.2, 0.25) is 0 Å². The lowest BCUT2D eigenvalue weighted by atomic mass is 10.2. The molecule has 0 saturated carbocycles. The van der Waals surface area contributed by atoms with Gasteiger partial charge in [-0.3, -0.25) is 0 Å². The molecule has 0 aliphatic carbocycles. The molecule has 1 heterocycles. The third kappa shape index (κ3) is 1.46. The van der Waals surface area contributed by atoms with Crippen molar-refractivity contribution in [1.82, 2.24) is 9.97 Å². The van der Waals surface area contributed by atoms with Gasteiger partial charge in [0.15, 0.2) is 0 Å². The van der Waals surface area contributed by atoms with E-state index in [1.54, 1.807) is 0 Å². The number of hydrogen-bond donors (Lipinski definition) is 0. The van der Waals surface area contributed by atoms with Crippen molar-refractivity contribution in [2.45, 2.75) is 19.7 Å². The smallest absolute Gasteiger partial charge is 0.0934 e. The van der Waals surface area contributed by atoms with Crippen LogP contribution in [0.15, 0.2) is 18.2 Å². The summed E-state index contributed by atoms with van der Waals surface area (Å²) in [5, 5.41) is 0. The summed E-state index contributed by atoms with van der Waals surface area (Å²) >= 11 is 5.83. The minimum absolute atomic E-state index is 0.481. The Kier molecular flexibility index (Phi) is 2.38. The van der Waals surface area contributed by atoms with Gasteiger partial charge in [-0.1, -0.05) is 12.1 Å². The van der Waals surface area contributed by atoms with Crippen molar-refractivity contribution in [3.8, 4) is 0 Å². The molecule has 0 aliphatic rings. The Morgan fingerprint density at radius 1 is 1.14 bits per heavy atom. The second-order valence-corrected chi connectivity index (χ2v) is 3.58. The maximum Gasteiger partial charge on any atom is 0.0934 e. The van der Waals surface area contributed by atoms with Crippen LogP contribution in [0.3, 0.4) is 0 Å². The Bertz CT molecular complexity index is 480. The van der Waals surface area contributed by atoms with Crippen molar-refractivity contribution in [2.24, 2.45) is 0 Å². The summed E-state index contributed by atoms with van der Waals surface area (Å²) in [5.74, 6) is 0.481. The molecule has 2 aromatic rings. The lowest BCUT2D eigenvalue weighted by molar-refractivity contribution is 1.09. The van der Waals surface area contributed by atoms with Crippen molar-refractivity contribution < 1.29 is 0 Å². The van der Waals surface area contributed by atoms with Crippen molar-refractivity contribution in [3.63, 3.8) is 0 Å². The number of rotatable bonds is 1. The zero-order chi connectivity index (χ0) is 10.1. The van der Waals surface area contributed by atoms with E-state index >= 15 is 0 Å². The predicted octanol–water partition coefficient (Wildman–Crippen LogP) is 2.99. The van der Waals surface area contributed by atoms with E-state index in [0.717, 1.165) is 28.0 Å². The van der Waals surface area contributed by atoms with E-state index < -0.39 is 0 Å². The highest BCUT2D eigenvalue weighted by Crippen LogP contribution is 2.18. The van der Waals surface area contributed by atoms with Gasteiger partial charge in [0.2, 0.25) is 0 Å². The normalized spacial score (nSPS) is 10.8. The van der Waals surface area contributed by atoms with E-state index in [0.29, 0.717) is 5.88 Å². The Labute approximate surface area is 88.0 Å². The van der Waals surface area contributed by atoms with Crippen LogP contribution in [-0.4, -0.2) is 9.97 Å². The number of alkyl halides is 1. The van der Waals surface area contributed by atoms with Gasteiger partial charge in [-0.05, 0) is 25.5 Å². The van der Waals surface area contributed by atoms with Crippen LogP contribution in [0.1, 0.15) is 17.0 Å². The monoisotopic (exact) mass is 206 g/mol. The molecule has 14 heavy (non-hydrogen) atoms. The van der Waals surface area contributed by atoms with Gasteiger partial charge in [0.25, 0.3) is 0 Å². The zero-order valence-corrected chi connectivity index (χ0v) is 8.97. The Morgan fingerprint density at radius 2 is 1.86 bits per heavy atom. The van der Waals surface area contributed by atoms with E-state index in [1.165, 1.54) is 0 Å². The van der Waals surface area contributed by atoms with E-state index in [9.17, 15) is 0 Å². The summed E-state index contributed by atoms with van der Waals surface area (Å²) in [7, 11) is 0. The molecule has 0 aliphatic heterocycles. The molecule has 3 heteroatoms. The highest BCUT2D eigenvalue weighted by Gasteiger charge is 2.04. The fraction of sp³-hybridized carbons (Fsp3) is 0.273. The number of fused-ring (bicyclic) bond motifs is 1. The fourth-order valence-electron chi connectivity index (χ4n) is 1.42. The Balaban J connectivity index is 2.81. The number of para-hydroxylation sites is 1. The number of nitrogens with zero attached hydrogens (tertiary/aromatic N) is 2. The molecule has 0 N–H and O–H groups in total. The molecule has 0 atom stereocenters. The van der Waals surface area contributed by atoms with Crippen LogP contribution in [0.4, 0.5) is 0 Å². The van der Waals surface area contributed by atoms with Crippen LogP contribution >= 0.6 is 11.6 Å². The first-order valence-electron chi connectivity index (χ1n) is 4.51. The Morgan fingerprint density at radius 3 is 2.57 bits per heavy atom. The molecular formula is C11H11ClN2. The number of aromatic nitrogens is 2. The van der Waals surface area contributed by atoms with Crippen LogP contribution in [0.5, 0.6) is 0 Å². The molecule has 2 rings (SSSR count). The standard InChI is InChI=1S/C11H11ClN2/c1-7-8(2)14-11-9(6-12)4-3-5-10(11)13-7/h3-5H,6H2,1-2H3. The first kappa shape index (κ1) is 9.41. The van der Waals surface area contributed by atoms with Gasteiger partial charge in [0.05, 0.1) is 22.4 Å². The van der Waals surface area contributed by atoms with Gasteiger partial charge in [-0.25, -0.2) is 9.97 Å². The second kappa shape index (κ2) is 3.54. The average Bonchev–Trinajstić information content (AvgIpc) is 2.19. The van der Waals surface area contributed by atoms with Crippen LogP contribution in [-0.2, 0) is 5.88 Å². The largest absolute Gasteiger partial charge is 0.250 e. The van der Waals surface area contributed by atoms with E-state index in [1.807, 2.05) is 32.0 Å². The lowest BCUT2D eigenvalue weighted by Crippen LogP contribution is -1.95. The fourth-order valence-corrected chi connectivity index (χ4v) is 1.63. The summed E-state index contributed by atoms with van der Waals surface area (Å²) in [5.41, 5.74) is 4.83. The first-order chi connectivity index (χ1) is 6.72. The molecule has 0 spiro atoms. The highest BCUT2D eigenvalue weighted by molar-refractivity contribution is 6.17. The quantitative estimate of drug-likeness (QED) is 0.671. The van der Waals surface area contributed by atoms with Crippen molar-refractivity contribution in [3.05, 3.63) is 35.2 Å². The van der Waals surface area contributed by atoms with Crippen LogP contribution in [0.25, 0.3) is 11.0 Å². The summed E-state index contributed by atoms with van der Waals surface area (Å²) < 4.78 is 0. The second-order valence-electron chi connectivity index (χ2n) is 3.31. The molecule has 0 amide bonds. The minimum Gasteiger partial charge on any atom is -0.250 e. The lowest BCUT2D eigenvalue weighted by Gasteiger charge is -2.04. The van der Waals surface area contributed by atoms with Gasteiger partial charge >= 0.3 is 0 Å². The SMILES string of the molecule is Cc1nc2cccc(CCl)c2nc1C. The molecule has 72 valence electrons. The van der Waals surface area contributed by atoms with Crippen molar-refractivity contribution in [2.75, 3.05) is 0 Å². The van der Waals surface area contributed by atoms with Gasteiger partial charge in [0.1, 0.15) is 0 Å². The maximum atomic E-state index is 5.83. The maximum absolute atomic E-state index is 5.83. The molecule has 1 aromatic heterocycles. The molecule has 0 bridgehead atoms. The number of aryl methyl sites for hydroxylation is 2. The van der Waals surface area contributed by atoms with E-state index in [4.69, 9.17) is 11.6 Å². The summed E-state index contributed by atoms with van der Waals surface area (Å²) in [4.78, 5) is 8.96. The number of benzene rings is 1. The first-order valence-corrected chi connectivity index (χ1v) is 5.04.